The van der Waals surface area contributed by atoms with Gasteiger partial charge in [0.1, 0.15) is 5.82 Å². The Morgan fingerprint density at radius 2 is 1.94 bits per heavy atom. The number of aryl methyl sites for hydroxylation is 1. The maximum Gasteiger partial charge on any atom is 0.254 e. The van der Waals surface area contributed by atoms with E-state index in [9.17, 15) is 14.4 Å². The molecule has 4 rings (SSSR count). The summed E-state index contributed by atoms with van der Waals surface area (Å²) < 4.78 is 0. The standard InChI is InChI=1S/C24H30N4O3/c1-2-21(29)27-15-13-18-19(16-27)25-23(26-24(18)31)20-10-6-7-14-28(20)22(30)12-11-17-8-4-3-5-9-17/h3-5,8-9,20H,2,6-7,10-16H2,1H3,(H,25,26,31)/t20-/m1/s1. The number of hydrogen-bond acceptors (Lipinski definition) is 4. The summed E-state index contributed by atoms with van der Waals surface area (Å²) in [5.41, 5.74) is 2.35. The molecule has 1 fully saturated rings. The Morgan fingerprint density at radius 3 is 2.71 bits per heavy atom. The van der Waals surface area contributed by atoms with Crippen LogP contribution in [0.1, 0.15) is 67.7 Å². The van der Waals surface area contributed by atoms with Crippen LogP contribution in [0, 0.1) is 0 Å². The Labute approximate surface area is 182 Å². The molecule has 2 amide bonds. The SMILES string of the molecule is CCC(=O)N1CCc2c(nc([C@H]3CCCCN3C(=O)CCc3ccccc3)[nH]c2=O)C1. The molecule has 0 unspecified atom stereocenters. The second-order valence-corrected chi connectivity index (χ2v) is 8.38. The van der Waals surface area contributed by atoms with Gasteiger partial charge in [-0.25, -0.2) is 4.98 Å². The van der Waals surface area contributed by atoms with Crippen LogP contribution in [0.25, 0.3) is 0 Å². The molecule has 0 aliphatic carbocycles. The van der Waals surface area contributed by atoms with Crippen molar-refractivity contribution in [1.29, 1.82) is 0 Å². The highest BCUT2D eigenvalue weighted by Gasteiger charge is 2.31. The van der Waals surface area contributed by atoms with Crippen LogP contribution < -0.4 is 5.56 Å². The molecular weight excluding hydrogens is 392 g/mol. The zero-order valence-electron chi connectivity index (χ0n) is 18.1. The lowest BCUT2D eigenvalue weighted by Crippen LogP contribution is -2.42. The molecule has 1 aromatic carbocycles. The third-order valence-corrected chi connectivity index (χ3v) is 6.36. The average Bonchev–Trinajstić information content (AvgIpc) is 2.82. The first-order valence-electron chi connectivity index (χ1n) is 11.3. The number of likely N-dealkylation sites (tertiary alicyclic amines) is 1. The van der Waals surface area contributed by atoms with Crippen LogP contribution in [0.4, 0.5) is 0 Å². The third kappa shape index (κ3) is 4.70. The molecule has 2 aromatic rings. The van der Waals surface area contributed by atoms with Gasteiger partial charge in [-0.15, -0.1) is 0 Å². The molecule has 2 aliphatic rings. The van der Waals surface area contributed by atoms with Crippen molar-refractivity contribution >= 4 is 11.8 Å². The van der Waals surface area contributed by atoms with Gasteiger partial charge in [-0.1, -0.05) is 37.3 Å². The number of nitrogens with one attached hydrogen (secondary N) is 1. The van der Waals surface area contributed by atoms with E-state index in [0.29, 0.717) is 62.4 Å². The molecule has 7 heteroatoms. The van der Waals surface area contributed by atoms with Gasteiger partial charge in [0.05, 0.1) is 18.3 Å². The van der Waals surface area contributed by atoms with Crippen LogP contribution in [0.15, 0.2) is 35.1 Å². The number of rotatable bonds is 5. The fourth-order valence-electron chi connectivity index (χ4n) is 4.61. The molecule has 3 heterocycles. The second-order valence-electron chi connectivity index (χ2n) is 8.38. The molecule has 164 valence electrons. The van der Waals surface area contributed by atoms with Crippen LogP contribution in [-0.4, -0.2) is 44.7 Å². The highest BCUT2D eigenvalue weighted by Crippen LogP contribution is 2.30. The molecule has 1 saturated heterocycles. The van der Waals surface area contributed by atoms with Crippen LogP contribution >= 0.6 is 0 Å². The van der Waals surface area contributed by atoms with Crippen molar-refractivity contribution < 1.29 is 9.59 Å². The Hall–Kier alpha value is -2.96. The summed E-state index contributed by atoms with van der Waals surface area (Å²) in [7, 11) is 0. The molecular formula is C24H30N4O3. The average molecular weight is 423 g/mol. The number of nitrogens with zero attached hydrogens (tertiary/aromatic N) is 3. The molecule has 7 nitrogen and oxygen atoms in total. The van der Waals surface area contributed by atoms with Crippen molar-refractivity contribution in [3.05, 3.63) is 63.3 Å². The van der Waals surface area contributed by atoms with E-state index in [1.54, 1.807) is 4.90 Å². The summed E-state index contributed by atoms with van der Waals surface area (Å²) in [6, 6.07) is 9.79. The number of H-pyrrole nitrogens is 1. The third-order valence-electron chi connectivity index (χ3n) is 6.36. The Bertz CT molecular complexity index is 1000. The zero-order valence-corrected chi connectivity index (χ0v) is 18.1. The van der Waals surface area contributed by atoms with E-state index in [0.717, 1.165) is 24.8 Å². The topological polar surface area (TPSA) is 86.4 Å². The highest BCUT2D eigenvalue weighted by molar-refractivity contribution is 5.77. The fraction of sp³-hybridized carbons (Fsp3) is 0.500. The van der Waals surface area contributed by atoms with Crippen molar-refractivity contribution in [2.24, 2.45) is 0 Å². The van der Waals surface area contributed by atoms with Gasteiger partial charge in [-0.3, -0.25) is 14.4 Å². The van der Waals surface area contributed by atoms with Gasteiger partial charge in [-0.05, 0) is 37.7 Å². The first-order chi connectivity index (χ1) is 15.1. The van der Waals surface area contributed by atoms with Crippen molar-refractivity contribution in [3.63, 3.8) is 0 Å². The summed E-state index contributed by atoms with van der Waals surface area (Å²) in [6.45, 7) is 3.44. The van der Waals surface area contributed by atoms with Crippen molar-refractivity contribution in [2.45, 2.75) is 64.5 Å². The van der Waals surface area contributed by atoms with E-state index in [2.05, 4.69) is 4.98 Å². The molecule has 1 atom stereocenters. The van der Waals surface area contributed by atoms with Gasteiger partial charge in [0.25, 0.3) is 5.56 Å². The largest absolute Gasteiger partial charge is 0.336 e. The van der Waals surface area contributed by atoms with E-state index >= 15 is 0 Å². The lowest BCUT2D eigenvalue weighted by molar-refractivity contribution is -0.135. The minimum absolute atomic E-state index is 0.0738. The number of benzene rings is 1. The molecule has 0 saturated carbocycles. The van der Waals surface area contributed by atoms with Crippen molar-refractivity contribution in [2.75, 3.05) is 13.1 Å². The normalized spacial score (nSPS) is 18.5. The van der Waals surface area contributed by atoms with E-state index in [4.69, 9.17) is 4.98 Å². The first-order valence-corrected chi connectivity index (χ1v) is 11.3. The van der Waals surface area contributed by atoms with Gasteiger partial charge in [0.2, 0.25) is 11.8 Å². The Morgan fingerprint density at radius 1 is 1.13 bits per heavy atom. The number of carbonyl (C=O) groups is 2. The first kappa shape index (κ1) is 21.3. The number of carbonyl (C=O) groups excluding carboxylic acids is 2. The summed E-state index contributed by atoms with van der Waals surface area (Å²) in [5.74, 6) is 0.726. The molecule has 2 aliphatic heterocycles. The molecule has 31 heavy (non-hydrogen) atoms. The van der Waals surface area contributed by atoms with E-state index in [-0.39, 0.29) is 23.4 Å². The number of piperidine rings is 1. The van der Waals surface area contributed by atoms with Gasteiger partial charge in [0.15, 0.2) is 0 Å². The van der Waals surface area contributed by atoms with Gasteiger partial charge < -0.3 is 14.8 Å². The van der Waals surface area contributed by atoms with Crippen molar-refractivity contribution in [1.82, 2.24) is 19.8 Å². The molecule has 0 bridgehead atoms. The van der Waals surface area contributed by atoms with Gasteiger partial charge in [-0.2, -0.15) is 0 Å². The predicted molar refractivity (Wildman–Crippen MR) is 117 cm³/mol. The fourth-order valence-corrected chi connectivity index (χ4v) is 4.61. The minimum atomic E-state index is -0.215. The number of hydrogen-bond donors (Lipinski definition) is 1. The second kappa shape index (κ2) is 9.45. The molecule has 0 spiro atoms. The lowest BCUT2D eigenvalue weighted by Gasteiger charge is -2.36. The minimum Gasteiger partial charge on any atom is -0.336 e. The summed E-state index contributed by atoms with van der Waals surface area (Å²) in [5, 5.41) is 0. The van der Waals surface area contributed by atoms with Gasteiger partial charge >= 0.3 is 0 Å². The number of amides is 2. The summed E-state index contributed by atoms with van der Waals surface area (Å²) >= 11 is 0. The quantitative estimate of drug-likeness (QED) is 0.803. The van der Waals surface area contributed by atoms with Crippen LogP contribution in [0.5, 0.6) is 0 Å². The zero-order chi connectivity index (χ0) is 21.8. The Kier molecular flexibility index (Phi) is 6.49. The maximum absolute atomic E-state index is 13.1. The van der Waals surface area contributed by atoms with Crippen LogP contribution in [0.2, 0.25) is 0 Å². The molecule has 1 aromatic heterocycles. The smallest absolute Gasteiger partial charge is 0.254 e. The monoisotopic (exact) mass is 422 g/mol. The highest BCUT2D eigenvalue weighted by atomic mass is 16.2. The molecule has 1 N–H and O–H groups in total. The van der Waals surface area contributed by atoms with E-state index in [1.165, 1.54) is 0 Å². The molecule has 0 radical (unpaired) electrons. The number of aromatic amines is 1. The summed E-state index contributed by atoms with van der Waals surface area (Å²) in [6.07, 6.45) is 4.84. The van der Waals surface area contributed by atoms with Crippen LogP contribution in [-0.2, 0) is 29.0 Å². The van der Waals surface area contributed by atoms with Crippen molar-refractivity contribution in [3.8, 4) is 0 Å². The van der Waals surface area contributed by atoms with Gasteiger partial charge in [0, 0.05) is 31.5 Å². The Balaban J connectivity index is 1.54. The van der Waals surface area contributed by atoms with E-state index in [1.807, 2.05) is 42.2 Å². The maximum atomic E-state index is 13.1. The lowest BCUT2D eigenvalue weighted by atomic mass is 9.99. The van der Waals surface area contributed by atoms with E-state index < -0.39 is 0 Å². The summed E-state index contributed by atoms with van der Waals surface area (Å²) in [4.78, 5) is 49.3. The number of fused-ring (bicyclic) bond motifs is 1. The number of aromatic nitrogens is 2. The van der Waals surface area contributed by atoms with Crippen LogP contribution in [0.3, 0.4) is 0 Å². The predicted octanol–water partition coefficient (Wildman–Crippen LogP) is 2.75.